The molecule has 5 heteroatoms. The molecule has 0 radical (unpaired) electrons. The summed E-state index contributed by atoms with van der Waals surface area (Å²) in [5.41, 5.74) is 0.602. The van der Waals surface area contributed by atoms with E-state index in [9.17, 15) is 9.50 Å². The Morgan fingerprint density at radius 1 is 1.40 bits per heavy atom. The second-order valence-corrected chi connectivity index (χ2v) is 5.90. The van der Waals surface area contributed by atoms with Crippen molar-refractivity contribution in [1.29, 1.82) is 0 Å². The summed E-state index contributed by atoms with van der Waals surface area (Å²) in [6.45, 7) is 3.26. The number of nitrogens with zero attached hydrogens (tertiary/aromatic N) is 2. The van der Waals surface area contributed by atoms with Crippen LogP contribution in [0.25, 0.3) is 0 Å². The number of benzene rings is 1. The number of aliphatic hydroxyl groups is 1. The largest absolute Gasteiger partial charge is 0.395 e. The van der Waals surface area contributed by atoms with Crippen molar-refractivity contribution >= 4 is 11.6 Å². The van der Waals surface area contributed by atoms with Crippen LogP contribution in [0.5, 0.6) is 0 Å². The Labute approximate surface area is 124 Å². The zero-order valence-corrected chi connectivity index (χ0v) is 12.6. The van der Waals surface area contributed by atoms with E-state index in [1.165, 1.54) is 6.07 Å². The van der Waals surface area contributed by atoms with E-state index in [4.69, 9.17) is 11.6 Å². The third kappa shape index (κ3) is 4.16. The molecule has 0 aliphatic carbocycles. The lowest BCUT2D eigenvalue weighted by molar-refractivity contribution is 0.0932. The van der Waals surface area contributed by atoms with Crippen molar-refractivity contribution in [3.8, 4) is 0 Å². The van der Waals surface area contributed by atoms with Crippen molar-refractivity contribution in [3.05, 3.63) is 34.6 Å². The van der Waals surface area contributed by atoms with Crippen LogP contribution in [0.1, 0.15) is 18.4 Å². The molecular weight excluding hydrogens is 279 g/mol. The summed E-state index contributed by atoms with van der Waals surface area (Å²) in [6, 6.07) is 5.04. The van der Waals surface area contributed by atoms with E-state index in [0.717, 1.165) is 25.9 Å². The minimum atomic E-state index is -0.231. The average molecular weight is 301 g/mol. The van der Waals surface area contributed by atoms with Crippen molar-refractivity contribution in [2.75, 3.05) is 33.3 Å². The Bertz CT molecular complexity index is 436. The molecule has 1 fully saturated rings. The highest BCUT2D eigenvalue weighted by Gasteiger charge is 2.23. The fourth-order valence-corrected chi connectivity index (χ4v) is 2.96. The fourth-order valence-electron chi connectivity index (χ4n) is 2.76. The van der Waals surface area contributed by atoms with Crippen LogP contribution in [-0.2, 0) is 6.54 Å². The van der Waals surface area contributed by atoms with Crippen LogP contribution in [0.4, 0.5) is 4.39 Å². The zero-order valence-electron chi connectivity index (χ0n) is 11.9. The van der Waals surface area contributed by atoms with Gasteiger partial charge in [0.2, 0.25) is 0 Å². The molecule has 0 aromatic heterocycles. The molecule has 0 spiro atoms. The van der Waals surface area contributed by atoms with Gasteiger partial charge in [-0.05, 0) is 51.2 Å². The fraction of sp³-hybridized carbons (Fsp3) is 0.600. The van der Waals surface area contributed by atoms with Gasteiger partial charge >= 0.3 is 0 Å². The highest BCUT2D eigenvalue weighted by molar-refractivity contribution is 6.30. The summed E-state index contributed by atoms with van der Waals surface area (Å²) in [5, 5.41) is 9.80. The van der Waals surface area contributed by atoms with Gasteiger partial charge in [0.05, 0.1) is 6.61 Å². The number of rotatable bonds is 5. The van der Waals surface area contributed by atoms with Crippen LogP contribution < -0.4 is 0 Å². The molecular formula is C15H22ClFN2O. The molecule has 0 unspecified atom stereocenters. The monoisotopic (exact) mass is 300 g/mol. The number of hydrogen-bond donors (Lipinski definition) is 1. The average Bonchev–Trinajstić information content (AvgIpc) is 2.43. The van der Waals surface area contributed by atoms with Gasteiger partial charge in [-0.1, -0.05) is 11.6 Å². The number of piperidine rings is 1. The van der Waals surface area contributed by atoms with E-state index in [0.29, 0.717) is 29.7 Å². The first-order chi connectivity index (χ1) is 9.60. The lowest BCUT2D eigenvalue weighted by Gasteiger charge is -2.37. The van der Waals surface area contributed by atoms with Crippen LogP contribution in [-0.4, -0.2) is 54.2 Å². The van der Waals surface area contributed by atoms with E-state index in [1.807, 2.05) is 0 Å². The molecule has 0 bridgehead atoms. The Morgan fingerprint density at radius 2 is 2.10 bits per heavy atom. The summed E-state index contributed by atoms with van der Waals surface area (Å²) in [5.74, 6) is -0.231. The Morgan fingerprint density at radius 3 is 2.75 bits per heavy atom. The summed E-state index contributed by atoms with van der Waals surface area (Å²) >= 11 is 5.94. The van der Waals surface area contributed by atoms with Crippen LogP contribution in [0, 0.1) is 5.82 Å². The van der Waals surface area contributed by atoms with Gasteiger partial charge in [-0.25, -0.2) is 4.39 Å². The molecule has 112 valence electrons. The Hall–Kier alpha value is -0.680. The third-order valence-corrected chi connectivity index (χ3v) is 4.21. The van der Waals surface area contributed by atoms with Crippen molar-refractivity contribution < 1.29 is 9.50 Å². The third-order valence-electron chi connectivity index (χ3n) is 3.97. The molecule has 3 nitrogen and oxygen atoms in total. The maximum atomic E-state index is 13.8. The van der Waals surface area contributed by atoms with E-state index >= 15 is 0 Å². The molecule has 1 saturated heterocycles. The zero-order chi connectivity index (χ0) is 14.5. The van der Waals surface area contributed by atoms with Crippen LogP contribution in [0.2, 0.25) is 5.02 Å². The van der Waals surface area contributed by atoms with E-state index < -0.39 is 0 Å². The molecule has 1 N–H and O–H groups in total. The van der Waals surface area contributed by atoms with Gasteiger partial charge in [-0.2, -0.15) is 0 Å². The molecule has 0 saturated carbocycles. The van der Waals surface area contributed by atoms with Gasteiger partial charge in [0, 0.05) is 29.7 Å². The summed E-state index contributed by atoms with van der Waals surface area (Å²) in [6.07, 6.45) is 2.11. The van der Waals surface area contributed by atoms with Crippen LogP contribution in [0.15, 0.2) is 18.2 Å². The highest BCUT2D eigenvalue weighted by atomic mass is 35.5. The number of aliphatic hydroxyl groups excluding tert-OH is 1. The number of likely N-dealkylation sites (tertiary alicyclic amines) is 1. The molecule has 1 aliphatic heterocycles. The van der Waals surface area contributed by atoms with Gasteiger partial charge in [0.1, 0.15) is 5.82 Å². The highest BCUT2D eigenvalue weighted by Crippen LogP contribution is 2.21. The lowest BCUT2D eigenvalue weighted by atomic mass is 10.0. The summed E-state index contributed by atoms with van der Waals surface area (Å²) in [7, 11) is 2.11. The Balaban J connectivity index is 2.06. The van der Waals surface area contributed by atoms with Gasteiger partial charge in [0.15, 0.2) is 0 Å². The van der Waals surface area contributed by atoms with Crippen LogP contribution in [0.3, 0.4) is 0 Å². The van der Waals surface area contributed by atoms with Crippen molar-refractivity contribution in [1.82, 2.24) is 9.80 Å². The normalized spacial score (nSPS) is 17.9. The van der Waals surface area contributed by atoms with Crippen molar-refractivity contribution in [2.24, 2.45) is 0 Å². The molecule has 1 aliphatic rings. The molecule has 0 amide bonds. The maximum Gasteiger partial charge on any atom is 0.127 e. The predicted molar refractivity (Wildman–Crippen MR) is 79.4 cm³/mol. The first-order valence-electron chi connectivity index (χ1n) is 7.07. The van der Waals surface area contributed by atoms with Gasteiger partial charge < -0.3 is 10.0 Å². The molecule has 1 aromatic carbocycles. The molecule has 20 heavy (non-hydrogen) atoms. The summed E-state index contributed by atoms with van der Waals surface area (Å²) < 4.78 is 13.8. The standard InChI is InChI=1S/C15H22ClFN2O/c1-18-6-4-14(5-7-18)19(8-9-20)11-12-10-13(16)2-3-15(12)17/h2-3,10,14,20H,4-9,11H2,1H3. The first kappa shape index (κ1) is 15.7. The molecule has 1 heterocycles. The number of halogens is 2. The van der Waals surface area contributed by atoms with E-state index in [1.54, 1.807) is 12.1 Å². The predicted octanol–water partition coefficient (Wildman–Crippen LogP) is 2.37. The number of hydrogen-bond acceptors (Lipinski definition) is 3. The summed E-state index contributed by atoms with van der Waals surface area (Å²) in [4.78, 5) is 4.47. The van der Waals surface area contributed by atoms with Gasteiger partial charge in [0.25, 0.3) is 0 Å². The second-order valence-electron chi connectivity index (χ2n) is 5.46. The van der Waals surface area contributed by atoms with E-state index in [-0.39, 0.29) is 12.4 Å². The SMILES string of the molecule is CN1CCC(N(CCO)Cc2cc(Cl)ccc2F)CC1. The lowest BCUT2D eigenvalue weighted by Crippen LogP contribution is -2.44. The second kappa shape index (κ2) is 7.36. The van der Waals surface area contributed by atoms with E-state index in [2.05, 4.69) is 16.8 Å². The quantitative estimate of drug-likeness (QED) is 0.904. The van der Waals surface area contributed by atoms with Crippen molar-refractivity contribution in [2.45, 2.75) is 25.4 Å². The van der Waals surface area contributed by atoms with Crippen molar-refractivity contribution in [3.63, 3.8) is 0 Å². The van der Waals surface area contributed by atoms with Crippen LogP contribution >= 0.6 is 11.6 Å². The topological polar surface area (TPSA) is 26.7 Å². The van der Waals surface area contributed by atoms with Gasteiger partial charge in [-0.15, -0.1) is 0 Å². The first-order valence-corrected chi connectivity index (χ1v) is 7.45. The minimum absolute atomic E-state index is 0.0918. The maximum absolute atomic E-state index is 13.8. The minimum Gasteiger partial charge on any atom is -0.395 e. The Kier molecular flexibility index (Phi) is 5.78. The molecule has 1 aromatic rings. The molecule has 0 atom stereocenters. The smallest absolute Gasteiger partial charge is 0.127 e. The molecule has 2 rings (SSSR count). The van der Waals surface area contributed by atoms with Gasteiger partial charge in [-0.3, -0.25) is 4.90 Å².